The molecule has 0 heterocycles. The molecule has 2 unspecified atom stereocenters. The Balaban J connectivity index is 2.75. The van der Waals surface area contributed by atoms with Crippen LogP contribution in [0.5, 0.6) is 0 Å². The highest BCUT2D eigenvalue weighted by Crippen LogP contribution is 2.24. The number of hydrogen-bond acceptors (Lipinski definition) is 3. The van der Waals surface area contributed by atoms with Gasteiger partial charge in [0.25, 0.3) is 0 Å². The summed E-state index contributed by atoms with van der Waals surface area (Å²) in [6, 6.07) is 5.65. The first-order valence-electron chi connectivity index (χ1n) is 5.33. The summed E-state index contributed by atoms with van der Waals surface area (Å²) in [6.45, 7) is 2.61. The number of rotatable bonds is 5. The van der Waals surface area contributed by atoms with Crippen LogP contribution in [0.4, 0.5) is 0 Å². The van der Waals surface area contributed by atoms with Crippen LogP contribution >= 0.6 is 15.9 Å². The topological polar surface area (TPSA) is 52.5 Å². The van der Waals surface area contributed by atoms with Crippen LogP contribution in [-0.4, -0.2) is 29.9 Å². The minimum atomic E-state index is -0.818. The third-order valence-corrected chi connectivity index (χ3v) is 3.10. The third-order valence-electron chi connectivity index (χ3n) is 2.61. The van der Waals surface area contributed by atoms with Crippen LogP contribution in [-0.2, 0) is 0 Å². The van der Waals surface area contributed by atoms with Gasteiger partial charge < -0.3 is 15.5 Å². The zero-order valence-electron chi connectivity index (χ0n) is 9.57. The van der Waals surface area contributed by atoms with Crippen LogP contribution in [0.3, 0.4) is 0 Å². The average molecular weight is 288 g/mol. The quantitative estimate of drug-likeness (QED) is 0.774. The van der Waals surface area contributed by atoms with Gasteiger partial charge in [-0.3, -0.25) is 0 Å². The fraction of sp³-hybridized carbons (Fsp3) is 0.500. The number of aryl methyl sites for hydroxylation is 1. The van der Waals surface area contributed by atoms with Crippen molar-refractivity contribution in [3.8, 4) is 0 Å². The normalized spacial score (nSPS) is 14.8. The monoisotopic (exact) mass is 287 g/mol. The molecule has 0 aromatic heterocycles. The van der Waals surface area contributed by atoms with Crippen molar-refractivity contribution >= 4 is 15.9 Å². The summed E-state index contributed by atoms with van der Waals surface area (Å²) in [5, 5.41) is 22.7. The smallest absolute Gasteiger partial charge is 0.105 e. The maximum atomic E-state index is 9.99. The van der Waals surface area contributed by atoms with Crippen LogP contribution < -0.4 is 5.32 Å². The molecule has 0 aliphatic carbocycles. The Hall–Kier alpha value is -0.420. The van der Waals surface area contributed by atoms with Crippen molar-refractivity contribution in [2.24, 2.45) is 0 Å². The molecule has 4 heteroatoms. The van der Waals surface area contributed by atoms with Gasteiger partial charge in [0.15, 0.2) is 0 Å². The van der Waals surface area contributed by atoms with E-state index in [0.29, 0.717) is 13.0 Å². The van der Waals surface area contributed by atoms with Crippen molar-refractivity contribution in [3.63, 3.8) is 0 Å². The van der Waals surface area contributed by atoms with E-state index >= 15 is 0 Å². The van der Waals surface area contributed by atoms with E-state index in [4.69, 9.17) is 0 Å². The van der Waals surface area contributed by atoms with Crippen LogP contribution in [0.2, 0.25) is 0 Å². The molecule has 90 valence electrons. The molecule has 2 atom stereocenters. The van der Waals surface area contributed by atoms with Gasteiger partial charge in [-0.05, 0) is 50.2 Å². The lowest BCUT2D eigenvalue weighted by molar-refractivity contribution is 0.0137. The zero-order valence-corrected chi connectivity index (χ0v) is 11.2. The van der Waals surface area contributed by atoms with Crippen molar-refractivity contribution in [2.45, 2.75) is 25.6 Å². The Morgan fingerprint density at radius 2 is 2.06 bits per heavy atom. The molecule has 3 N–H and O–H groups in total. The molecule has 1 rings (SSSR count). The molecule has 0 saturated carbocycles. The third kappa shape index (κ3) is 3.56. The fourth-order valence-corrected chi connectivity index (χ4v) is 2.10. The molecule has 3 nitrogen and oxygen atoms in total. The minimum Gasteiger partial charge on any atom is -0.390 e. The Kier molecular flexibility index (Phi) is 5.41. The molecule has 16 heavy (non-hydrogen) atoms. The first kappa shape index (κ1) is 13.6. The first-order valence-corrected chi connectivity index (χ1v) is 6.12. The number of hydrogen-bond donors (Lipinski definition) is 3. The van der Waals surface area contributed by atoms with Crippen molar-refractivity contribution in [3.05, 3.63) is 33.8 Å². The SMILES string of the molecule is CNCCC(O)C(O)c1ccc(Br)cc1C. The van der Waals surface area contributed by atoms with E-state index in [-0.39, 0.29) is 0 Å². The van der Waals surface area contributed by atoms with Gasteiger partial charge in [-0.1, -0.05) is 22.0 Å². The molecule has 1 aromatic rings. The molecular weight excluding hydrogens is 270 g/mol. The predicted octanol–water partition coefficient (Wildman–Crippen LogP) is 1.76. The Morgan fingerprint density at radius 1 is 1.38 bits per heavy atom. The van der Waals surface area contributed by atoms with Crippen LogP contribution in [0.1, 0.15) is 23.7 Å². The molecule has 1 aromatic carbocycles. The lowest BCUT2D eigenvalue weighted by atomic mass is 9.98. The number of aliphatic hydroxyl groups is 2. The first-order chi connectivity index (χ1) is 7.56. The van der Waals surface area contributed by atoms with E-state index in [9.17, 15) is 10.2 Å². The van der Waals surface area contributed by atoms with E-state index in [0.717, 1.165) is 15.6 Å². The summed E-state index contributed by atoms with van der Waals surface area (Å²) < 4.78 is 0.977. The van der Waals surface area contributed by atoms with Crippen molar-refractivity contribution in [1.29, 1.82) is 0 Å². The lowest BCUT2D eigenvalue weighted by Crippen LogP contribution is -2.23. The zero-order chi connectivity index (χ0) is 12.1. The maximum Gasteiger partial charge on any atom is 0.105 e. The summed E-state index contributed by atoms with van der Waals surface area (Å²) in [7, 11) is 1.82. The van der Waals surface area contributed by atoms with E-state index < -0.39 is 12.2 Å². The molecule has 0 saturated heterocycles. The van der Waals surface area contributed by atoms with Gasteiger partial charge >= 0.3 is 0 Å². The predicted molar refractivity (Wildman–Crippen MR) is 68.4 cm³/mol. The largest absolute Gasteiger partial charge is 0.390 e. The molecule has 0 amide bonds. The second kappa shape index (κ2) is 6.35. The van der Waals surface area contributed by atoms with Gasteiger partial charge in [0.1, 0.15) is 6.10 Å². The number of halogens is 1. The summed E-state index contributed by atoms with van der Waals surface area (Å²) in [6.07, 6.45) is -1.01. The van der Waals surface area contributed by atoms with Gasteiger partial charge in [0.05, 0.1) is 6.10 Å². The van der Waals surface area contributed by atoms with Gasteiger partial charge in [-0.15, -0.1) is 0 Å². The molecule has 0 bridgehead atoms. The van der Waals surface area contributed by atoms with Crippen LogP contribution in [0.15, 0.2) is 22.7 Å². The summed E-state index contributed by atoms with van der Waals surface area (Å²) in [5.74, 6) is 0. The second-order valence-corrected chi connectivity index (χ2v) is 4.82. The minimum absolute atomic E-state index is 0.535. The lowest BCUT2D eigenvalue weighted by Gasteiger charge is -2.20. The fourth-order valence-electron chi connectivity index (χ4n) is 1.63. The van der Waals surface area contributed by atoms with Crippen molar-refractivity contribution in [1.82, 2.24) is 5.32 Å². The van der Waals surface area contributed by atoms with Crippen LogP contribution in [0.25, 0.3) is 0 Å². The Morgan fingerprint density at radius 3 is 2.62 bits per heavy atom. The highest BCUT2D eigenvalue weighted by molar-refractivity contribution is 9.10. The van der Waals surface area contributed by atoms with Gasteiger partial charge in [0, 0.05) is 4.47 Å². The van der Waals surface area contributed by atoms with E-state index in [1.54, 1.807) is 0 Å². The molecule has 0 aliphatic heterocycles. The van der Waals surface area contributed by atoms with Gasteiger partial charge in [-0.25, -0.2) is 0 Å². The summed E-state index contributed by atoms with van der Waals surface area (Å²) in [5.41, 5.74) is 1.76. The average Bonchev–Trinajstić information content (AvgIpc) is 2.25. The number of aliphatic hydroxyl groups excluding tert-OH is 2. The maximum absolute atomic E-state index is 9.99. The van der Waals surface area contributed by atoms with Gasteiger partial charge in [0.2, 0.25) is 0 Å². The second-order valence-electron chi connectivity index (χ2n) is 3.91. The number of benzene rings is 1. The van der Waals surface area contributed by atoms with E-state index in [1.807, 2.05) is 32.2 Å². The molecule has 0 aliphatic rings. The van der Waals surface area contributed by atoms with Crippen molar-refractivity contribution < 1.29 is 10.2 Å². The molecule has 0 fully saturated rings. The molecule has 0 radical (unpaired) electrons. The highest BCUT2D eigenvalue weighted by atomic mass is 79.9. The van der Waals surface area contributed by atoms with E-state index in [1.165, 1.54) is 0 Å². The summed E-state index contributed by atoms with van der Waals surface area (Å²) >= 11 is 3.37. The molecule has 0 spiro atoms. The number of nitrogens with one attached hydrogen (secondary N) is 1. The highest BCUT2D eigenvalue weighted by Gasteiger charge is 2.19. The van der Waals surface area contributed by atoms with E-state index in [2.05, 4.69) is 21.2 Å². The standard InChI is InChI=1S/C12H18BrNO2/c1-8-7-9(13)3-4-10(8)12(16)11(15)5-6-14-2/h3-4,7,11-12,14-16H,5-6H2,1-2H3. The Bertz CT molecular complexity index is 344. The molecular formula is C12H18BrNO2. The van der Waals surface area contributed by atoms with Crippen LogP contribution in [0, 0.1) is 6.92 Å². The summed E-state index contributed by atoms with van der Waals surface area (Å²) in [4.78, 5) is 0. The van der Waals surface area contributed by atoms with Gasteiger partial charge in [-0.2, -0.15) is 0 Å². The Labute approximate surface area is 105 Å². The van der Waals surface area contributed by atoms with Crippen molar-refractivity contribution in [2.75, 3.05) is 13.6 Å².